The van der Waals surface area contributed by atoms with Crippen molar-refractivity contribution in [2.45, 2.75) is 109 Å². The van der Waals surface area contributed by atoms with E-state index in [0.717, 1.165) is 44.0 Å². The summed E-state index contributed by atoms with van der Waals surface area (Å²) in [7, 11) is 2.24. The zero-order chi connectivity index (χ0) is 28.0. The van der Waals surface area contributed by atoms with Gasteiger partial charge in [-0.15, -0.1) is 0 Å². The minimum Gasteiger partial charge on any atom is -0.493 e. The molecule has 5 nitrogen and oxygen atoms in total. The number of benzene rings is 1. The van der Waals surface area contributed by atoms with E-state index in [0.29, 0.717) is 12.0 Å². The number of nitrogens with zero attached hydrogens (tertiary/aromatic N) is 4. The van der Waals surface area contributed by atoms with Crippen LogP contribution in [-0.4, -0.2) is 65.6 Å². The number of unbranched alkanes of at least 4 members (excludes halogenated alkanes) is 4. The molecule has 2 atom stereocenters. The van der Waals surface area contributed by atoms with E-state index >= 15 is 0 Å². The molecule has 2 unspecified atom stereocenters. The van der Waals surface area contributed by atoms with Crippen LogP contribution < -0.4 is 4.74 Å². The molecule has 0 spiro atoms. The lowest BCUT2D eigenvalue weighted by atomic mass is 9.92. The summed E-state index contributed by atoms with van der Waals surface area (Å²) in [6.45, 7) is 10.2. The number of likely N-dealkylation sites (tertiary alicyclic amines) is 1. The van der Waals surface area contributed by atoms with Crippen molar-refractivity contribution in [2.24, 2.45) is 0 Å². The summed E-state index contributed by atoms with van der Waals surface area (Å²) in [5, 5.41) is 0. The second-order valence-corrected chi connectivity index (χ2v) is 12.2. The number of fused-ring (bicyclic) bond motifs is 1. The molecule has 0 bridgehead atoms. The molecule has 1 aromatic heterocycles. The number of hydrogen-bond donors (Lipinski definition) is 0. The van der Waals surface area contributed by atoms with Crippen LogP contribution in [0, 0.1) is 0 Å². The summed E-state index contributed by atoms with van der Waals surface area (Å²) in [6.07, 6.45) is 22.7. The summed E-state index contributed by atoms with van der Waals surface area (Å²) in [5.41, 5.74) is 5.71. The van der Waals surface area contributed by atoms with E-state index < -0.39 is 0 Å². The van der Waals surface area contributed by atoms with Crippen LogP contribution in [0.5, 0.6) is 5.75 Å². The molecule has 0 amide bonds. The highest BCUT2D eigenvalue weighted by Crippen LogP contribution is 2.37. The van der Waals surface area contributed by atoms with Gasteiger partial charge in [0.25, 0.3) is 0 Å². The van der Waals surface area contributed by atoms with Crippen LogP contribution in [-0.2, 0) is 12.8 Å². The van der Waals surface area contributed by atoms with Crippen molar-refractivity contribution in [3.63, 3.8) is 0 Å². The smallest absolute Gasteiger partial charge is 0.122 e. The van der Waals surface area contributed by atoms with Crippen LogP contribution in [0.4, 0.5) is 0 Å². The third-order valence-corrected chi connectivity index (χ3v) is 8.99. The van der Waals surface area contributed by atoms with Crippen LogP contribution in [0.15, 0.2) is 48.4 Å². The van der Waals surface area contributed by atoms with Crippen LogP contribution in [0.2, 0.25) is 0 Å². The Morgan fingerprint density at radius 3 is 2.62 bits per heavy atom. The second kappa shape index (κ2) is 16.9. The molecular weight excluding hydrogens is 492 g/mol. The van der Waals surface area contributed by atoms with Gasteiger partial charge in [0.15, 0.2) is 0 Å². The van der Waals surface area contributed by atoms with E-state index in [-0.39, 0.29) is 0 Å². The predicted octanol–water partition coefficient (Wildman–Crippen LogP) is 7.61. The lowest BCUT2D eigenvalue weighted by molar-refractivity contribution is 0.266. The van der Waals surface area contributed by atoms with Crippen molar-refractivity contribution < 1.29 is 4.74 Å². The Kier molecular flexibility index (Phi) is 13.0. The van der Waals surface area contributed by atoms with Gasteiger partial charge in [-0.3, -0.25) is 4.90 Å². The molecule has 220 valence electrons. The van der Waals surface area contributed by atoms with Crippen molar-refractivity contribution >= 4 is 0 Å². The zero-order valence-electron chi connectivity index (χ0n) is 25.6. The second-order valence-electron chi connectivity index (χ2n) is 12.2. The fourth-order valence-corrected chi connectivity index (χ4v) is 6.17. The van der Waals surface area contributed by atoms with Crippen LogP contribution in [0.3, 0.4) is 0 Å². The molecule has 2 aliphatic heterocycles. The summed E-state index contributed by atoms with van der Waals surface area (Å²) in [6, 6.07) is 9.56. The van der Waals surface area contributed by atoms with E-state index in [4.69, 9.17) is 4.74 Å². The van der Waals surface area contributed by atoms with Crippen molar-refractivity contribution in [1.29, 1.82) is 0 Å². The predicted molar refractivity (Wildman–Crippen MR) is 167 cm³/mol. The number of hydrogen-bond acceptors (Lipinski definition) is 5. The fraction of sp³-hybridized carbons (Fsp3) is 0.657. The molecule has 1 saturated carbocycles. The lowest BCUT2D eigenvalue weighted by Crippen LogP contribution is -2.30. The van der Waals surface area contributed by atoms with Crippen LogP contribution >= 0.6 is 0 Å². The Hall–Kier alpha value is -2.24. The van der Waals surface area contributed by atoms with Crippen molar-refractivity contribution in [3.05, 3.63) is 65.3 Å². The van der Waals surface area contributed by atoms with E-state index in [2.05, 4.69) is 64.9 Å². The average Bonchev–Trinajstić information content (AvgIpc) is 3.60. The van der Waals surface area contributed by atoms with Crippen molar-refractivity contribution in [2.75, 3.05) is 39.8 Å². The normalized spacial score (nSPS) is 20.1. The van der Waals surface area contributed by atoms with E-state index in [1.807, 2.05) is 12.3 Å². The van der Waals surface area contributed by atoms with Crippen LogP contribution in [0.1, 0.15) is 107 Å². The molecule has 2 fully saturated rings. The Bertz CT molecular complexity index is 1020. The van der Waals surface area contributed by atoms with Gasteiger partial charge in [0.1, 0.15) is 12.1 Å². The molecule has 1 aromatic carbocycles. The first-order valence-electron chi connectivity index (χ1n) is 16.3. The van der Waals surface area contributed by atoms with E-state index in [9.17, 15) is 0 Å². The first kappa shape index (κ1) is 30.7. The van der Waals surface area contributed by atoms with Gasteiger partial charge in [0.05, 0.1) is 6.61 Å². The molecule has 0 radical (unpaired) electrons. The molecule has 3 aliphatic rings. The molecule has 2 aromatic rings. The Labute approximate surface area is 244 Å². The first-order chi connectivity index (χ1) is 19.7. The van der Waals surface area contributed by atoms with E-state index in [1.165, 1.54) is 94.8 Å². The van der Waals surface area contributed by atoms with Gasteiger partial charge in [-0.25, -0.2) is 9.97 Å². The van der Waals surface area contributed by atoms with Gasteiger partial charge < -0.3 is 9.64 Å². The van der Waals surface area contributed by atoms with Gasteiger partial charge in [0, 0.05) is 37.4 Å². The first-order valence-corrected chi connectivity index (χ1v) is 16.3. The maximum Gasteiger partial charge on any atom is 0.122 e. The van der Waals surface area contributed by atoms with Gasteiger partial charge in [0.2, 0.25) is 0 Å². The van der Waals surface area contributed by atoms with Crippen molar-refractivity contribution in [3.8, 4) is 5.75 Å². The lowest BCUT2D eigenvalue weighted by Gasteiger charge is -2.25. The summed E-state index contributed by atoms with van der Waals surface area (Å²) in [4.78, 5) is 13.6. The number of aromatic nitrogens is 2. The SMILES string of the molecule is C(CN1CC(c2ccc3c(c2)CCO3)CC1CCc1ccncn1)=C1CCC1.CCCCCCN(C)CCCC. The fourth-order valence-electron chi connectivity index (χ4n) is 6.17. The largest absolute Gasteiger partial charge is 0.493 e. The number of allylic oxidation sites excluding steroid dienone is 1. The van der Waals surface area contributed by atoms with Gasteiger partial charge in [-0.1, -0.05) is 63.3 Å². The molecule has 5 rings (SSSR count). The molecule has 40 heavy (non-hydrogen) atoms. The maximum absolute atomic E-state index is 5.70. The number of ether oxygens (including phenoxy) is 1. The number of rotatable bonds is 14. The molecule has 3 heterocycles. The maximum atomic E-state index is 5.70. The average molecular weight is 547 g/mol. The summed E-state index contributed by atoms with van der Waals surface area (Å²) >= 11 is 0. The topological polar surface area (TPSA) is 41.5 Å². The highest BCUT2D eigenvalue weighted by atomic mass is 16.5. The Morgan fingerprint density at radius 2 is 1.88 bits per heavy atom. The molecule has 0 N–H and O–H groups in total. The summed E-state index contributed by atoms with van der Waals surface area (Å²) < 4.78 is 5.70. The monoisotopic (exact) mass is 546 g/mol. The summed E-state index contributed by atoms with van der Waals surface area (Å²) in [5.74, 6) is 1.72. The highest BCUT2D eigenvalue weighted by molar-refractivity contribution is 5.41. The van der Waals surface area contributed by atoms with Gasteiger partial charge >= 0.3 is 0 Å². The minimum absolute atomic E-state index is 0.626. The molecular formula is C35H54N4O. The van der Waals surface area contributed by atoms with E-state index in [1.54, 1.807) is 11.9 Å². The third-order valence-electron chi connectivity index (χ3n) is 8.99. The molecule has 1 saturated heterocycles. The third kappa shape index (κ3) is 9.69. The van der Waals surface area contributed by atoms with Gasteiger partial charge in [-0.05, 0) is 101 Å². The minimum atomic E-state index is 0.626. The quantitative estimate of drug-likeness (QED) is 0.180. The molecule has 5 heteroatoms. The highest BCUT2D eigenvalue weighted by Gasteiger charge is 2.32. The van der Waals surface area contributed by atoms with Crippen LogP contribution in [0.25, 0.3) is 0 Å². The standard InChI is InChI=1S/C24H29N3O.C11H25N/c1-2-18(3-1)9-12-27-16-21(19-4-7-24-20(14-19)10-13-28-24)15-23(27)6-5-22-8-11-25-17-26-22;1-4-6-8-9-11-12(3)10-7-5-2/h4,7-9,11,14,17,21,23H,1-3,5-6,10,12-13,15-16H2;4-11H2,1-3H3. The molecule has 1 aliphatic carbocycles. The van der Waals surface area contributed by atoms with Gasteiger partial charge in [-0.2, -0.15) is 0 Å². The zero-order valence-corrected chi connectivity index (χ0v) is 25.6. The Morgan fingerprint density at radius 1 is 1.02 bits per heavy atom. The Balaban J connectivity index is 0.000000263. The number of aryl methyl sites for hydroxylation is 1. The van der Waals surface area contributed by atoms with Crippen molar-refractivity contribution in [1.82, 2.24) is 19.8 Å².